The molecule has 0 spiro atoms. The third-order valence-corrected chi connectivity index (χ3v) is 5.24. The number of rotatable bonds is 8. The summed E-state index contributed by atoms with van der Waals surface area (Å²) in [7, 11) is 1.54. The topological polar surface area (TPSA) is 69.4 Å². The van der Waals surface area contributed by atoms with E-state index in [0.717, 1.165) is 40.6 Å². The second kappa shape index (κ2) is 9.14. The van der Waals surface area contributed by atoms with Crippen LogP contribution in [0.4, 0.5) is 17.6 Å². The number of aromatic nitrogens is 3. The van der Waals surface area contributed by atoms with Gasteiger partial charge in [-0.1, -0.05) is 24.3 Å². The molecule has 0 amide bonds. The van der Waals surface area contributed by atoms with Crippen LogP contribution in [-0.4, -0.2) is 33.1 Å². The van der Waals surface area contributed by atoms with Crippen molar-refractivity contribution < 1.29 is 32.1 Å². The predicted octanol–water partition coefficient (Wildman–Crippen LogP) is 4.79. The first kappa shape index (κ1) is 23.2. The highest BCUT2D eigenvalue weighted by Gasteiger charge is 2.58. The summed E-state index contributed by atoms with van der Waals surface area (Å²) in [5.74, 6) is -1.95. The van der Waals surface area contributed by atoms with Gasteiger partial charge in [0, 0.05) is 11.6 Å². The summed E-state index contributed by atoms with van der Waals surface area (Å²) in [5.41, 5.74) is -2.56. The van der Waals surface area contributed by atoms with E-state index < -0.39 is 35.5 Å². The van der Waals surface area contributed by atoms with Crippen molar-refractivity contribution in [3.05, 3.63) is 96.6 Å². The van der Waals surface area contributed by atoms with Crippen molar-refractivity contribution in [2.75, 3.05) is 7.11 Å². The summed E-state index contributed by atoms with van der Waals surface area (Å²) < 4.78 is 69.6. The van der Waals surface area contributed by atoms with Gasteiger partial charge in [0.25, 0.3) is 0 Å². The van der Waals surface area contributed by atoms with Crippen LogP contribution < -0.4 is 9.47 Å². The molecule has 4 aromatic rings. The molecule has 3 aromatic carbocycles. The maximum atomic E-state index is 15.4. The van der Waals surface area contributed by atoms with Crippen molar-refractivity contribution in [3.8, 4) is 22.6 Å². The van der Waals surface area contributed by atoms with Gasteiger partial charge in [-0.15, -0.1) is 0 Å². The second-order valence-electron chi connectivity index (χ2n) is 7.45. The van der Waals surface area contributed by atoms with Gasteiger partial charge in [-0.2, -0.15) is 13.9 Å². The van der Waals surface area contributed by atoms with Crippen molar-refractivity contribution in [1.29, 1.82) is 0 Å². The highest BCUT2D eigenvalue weighted by Crippen LogP contribution is 2.42. The minimum atomic E-state index is -4.35. The van der Waals surface area contributed by atoms with E-state index in [1.54, 1.807) is 43.5 Å². The Kier molecular flexibility index (Phi) is 6.25. The van der Waals surface area contributed by atoms with Gasteiger partial charge in [-0.3, -0.25) is 0 Å². The van der Waals surface area contributed by atoms with Crippen LogP contribution in [0.5, 0.6) is 11.5 Å². The van der Waals surface area contributed by atoms with Crippen LogP contribution in [0.1, 0.15) is 5.56 Å². The fourth-order valence-corrected chi connectivity index (χ4v) is 3.44. The molecular weight excluding hydrogens is 454 g/mol. The van der Waals surface area contributed by atoms with Gasteiger partial charge in [-0.05, 0) is 47.5 Å². The van der Waals surface area contributed by atoms with E-state index in [-0.39, 0.29) is 5.75 Å². The lowest BCUT2D eigenvalue weighted by Crippen LogP contribution is -2.52. The summed E-state index contributed by atoms with van der Waals surface area (Å²) in [6.07, 6.45) is -2.20. The van der Waals surface area contributed by atoms with Crippen molar-refractivity contribution in [1.82, 2.24) is 14.8 Å². The molecular formula is C24H19F4N3O3. The third-order valence-electron chi connectivity index (χ3n) is 5.24. The van der Waals surface area contributed by atoms with Gasteiger partial charge in [0.2, 0.25) is 5.60 Å². The Hall–Kier alpha value is -3.92. The zero-order valence-corrected chi connectivity index (χ0v) is 17.8. The molecule has 1 heterocycles. The summed E-state index contributed by atoms with van der Waals surface area (Å²) in [6, 6.07) is 14.7. The van der Waals surface area contributed by atoms with Gasteiger partial charge in [0.1, 0.15) is 35.8 Å². The largest absolute Gasteiger partial charge is 0.497 e. The Morgan fingerprint density at radius 3 is 2.06 bits per heavy atom. The fourth-order valence-electron chi connectivity index (χ4n) is 3.44. The number of aliphatic hydroxyl groups is 1. The van der Waals surface area contributed by atoms with E-state index >= 15 is 8.78 Å². The molecule has 4 rings (SSSR count). The monoisotopic (exact) mass is 473 g/mol. The number of methoxy groups -OCH3 is 1. The van der Waals surface area contributed by atoms with Crippen LogP contribution in [0.2, 0.25) is 0 Å². The number of hydrogen-bond donors (Lipinski definition) is 1. The molecule has 0 radical (unpaired) electrons. The quantitative estimate of drug-likeness (QED) is 0.373. The third kappa shape index (κ3) is 4.58. The fraction of sp³-hybridized carbons (Fsp3) is 0.167. The molecule has 1 N–H and O–H groups in total. The van der Waals surface area contributed by atoms with Crippen molar-refractivity contribution >= 4 is 0 Å². The summed E-state index contributed by atoms with van der Waals surface area (Å²) in [6.45, 7) is -0.910. The lowest BCUT2D eigenvalue weighted by atomic mass is 9.91. The van der Waals surface area contributed by atoms with E-state index in [1.807, 2.05) is 0 Å². The molecule has 1 atom stereocenters. The van der Waals surface area contributed by atoms with Gasteiger partial charge >= 0.3 is 6.11 Å². The zero-order valence-electron chi connectivity index (χ0n) is 17.8. The number of benzene rings is 3. The molecule has 0 bridgehead atoms. The van der Waals surface area contributed by atoms with Gasteiger partial charge in [-0.25, -0.2) is 18.4 Å². The first-order valence-electron chi connectivity index (χ1n) is 10.0. The van der Waals surface area contributed by atoms with Crippen molar-refractivity contribution in [3.63, 3.8) is 0 Å². The lowest BCUT2D eigenvalue weighted by molar-refractivity contribution is -0.301. The van der Waals surface area contributed by atoms with Crippen LogP contribution in [0, 0.1) is 11.6 Å². The first-order valence-corrected chi connectivity index (χ1v) is 10.0. The SMILES string of the molecule is COc1ccc(-c2ccc(OC(F)(F)C(O)(Cn3cncn3)c3ccc(F)cc3F)cc2)cc1. The molecule has 0 saturated heterocycles. The zero-order chi connectivity index (χ0) is 24.3. The Morgan fingerprint density at radius 1 is 0.912 bits per heavy atom. The van der Waals surface area contributed by atoms with Crippen LogP contribution in [0.3, 0.4) is 0 Å². The number of hydrogen-bond acceptors (Lipinski definition) is 5. The predicted molar refractivity (Wildman–Crippen MR) is 114 cm³/mol. The Labute approximate surface area is 192 Å². The first-order chi connectivity index (χ1) is 16.2. The van der Waals surface area contributed by atoms with E-state index in [2.05, 4.69) is 10.1 Å². The standard InChI is InChI=1S/C24H19F4N3O3/c1-33-19-7-2-16(3-8-19)17-4-9-20(10-5-17)34-24(27,28)23(32,13-31-15-29-14-30-31)21-11-6-18(25)12-22(21)26/h2-12,14-15,32H,13H2,1H3. The minimum Gasteiger partial charge on any atom is -0.497 e. The highest BCUT2D eigenvalue weighted by atomic mass is 19.3. The molecule has 34 heavy (non-hydrogen) atoms. The summed E-state index contributed by atoms with van der Waals surface area (Å²) >= 11 is 0. The van der Waals surface area contributed by atoms with Crippen LogP contribution >= 0.6 is 0 Å². The molecule has 1 unspecified atom stereocenters. The van der Waals surface area contributed by atoms with Crippen molar-refractivity contribution in [2.24, 2.45) is 0 Å². The average molecular weight is 473 g/mol. The lowest BCUT2D eigenvalue weighted by Gasteiger charge is -2.35. The van der Waals surface area contributed by atoms with Gasteiger partial charge in [0.05, 0.1) is 13.7 Å². The number of alkyl halides is 2. The Morgan fingerprint density at radius 2 is 1.53 bits per heavy atom. The molecule has 176 valence electrons. The van der Waals surface area contributed by atoms with E-state index in [4.69, 9.17) is 9.47 Å². The molecule has 0 aliphatic rings. The normalized spacial score (nSPS) is 13.4. The van der Waals surface area contributed by atoms with Crippen LogP contribution in [0.15, 0.2) is 79.4 Å². The number of ether oxygens (including phenoxy) is 2. The molecule has 6 nitrogen and oxygen atoms in total. The van der Waals surface area contributed by atoms with Gasteiger partial charge < -0.3 is 14.6 Å². The molecule has 0 aliphatic carbocycles. The smallest absolute Gasteiger partial charge is 0.433 e. The minimum absolute atomic E-state index is 0.276. The molecule has 0 saturated carbocycles. The molecule has 0 fully saturated rings. The van der Waals surface area contributed by atoms with E-state index in [1.165, 1.54) is 12.1 Å². The maximum Gasteiger partial charge on any atom is 0.433 e. The highest BCUT2D eigenvalue weighted by molar-refractivity contribution is 5.64. The maximum absolute atomic E-state index is 15.4. The Balaban J connectivity index is 1.64. The molecule has 10 heteroatoms. The molecule has 1 aromatic heterocycles. The average Bonchev–Trinajstić information content (AvgIpc) is 3.32. The Bertz CT molecular complexity index is 1250. The van der Waals surface area contributed by atoms with Crippen LogP contribution in [0.25, 0.3) is 11.1 Å². The second-order valence-corrected chi connectivity index (χ2v) is 7.45. The van der Waals surface area contributed by atoms with E-state index in [0.29, 0.717) is 11.8 Å². The number of nitrogens with zero attached hydrogens (tertiary/aromatic N) is 3. The van der Waals surface area contributed by atoms with Crippen molar-refractivity contribution in [2.45, 2.75) is 18.3 Å². The summed E-state index contributed by atoms with van der Waals surface area (Å²) in [5, 5.41) is 14.8. The summed E-state index contributed by atoms with van der Waals surface area (Å²) in [4.78, 5) is 3.65. The van der Waals surface area contributed by atoms with Gasteiger partial charge in [0.15, 0.2) is 0 Å². The van der Waals surface area contributed by atoms with E-state index in [9.17, 15) is 13.9 Å². The van der Waals surface area contributed by atoms with Crippen LogP contribution in [-0.2, 0) is 12.1 Å². The number of halogens is 4. The molecule has 0 aliphatic heterocycles.